The average Bonchev–Trinajstić information content (AvgIpc) is 2.67. The Hall–Kier alpha value is -2.04. The van der Waals surface area contributed by atoms with Gasteiger partial charge in [0.1, 0.15) is 0 Å². The Kier molecular flexibility index (Phi) is 3.74. The minimum absolute atomic E-state index is 0.0454. The van der Waals surface area contributed by atoms with Crippen molar-refractivity contribution in [2.45, 2.75) is 20.3 Å². The summed E-state index contributed by atoms with van der Waals surface area (Å²) in [6.07, 6.45) is 0.0454. The lowest BCUT2D eigenvalue weighted by Crippen LogP contribution is -2.08. The number of esters is 1. The Morgan fingerprint density at radius 3 is 2.79 bits per heavy atom. The third-order valence-corrected chi connectivity index (χ3v) is 3.03. The molecule has 1 N–H and O–H groups in total. The molecule has 2 aromatic rings. The minimum atomic E-state index is -0.455. The van der Waals surface area contributed by atoms with Gasteiger partial charge in [0.25, 0.3) is 0 Å². The van der Waals surface area contributed by atoms with E-state index >= 15 is 0 Å². The van der Waals surface area contributed by atoms with Crippen LogP contribution in [0.2, 0.25) is 0 Å². The number of hydrogen-bond donors (Lipinski definition) is 1. The summed E-state index contributed by atoms with van der Waals surface area (Å²) in [5, 5.41) is 0.393. The van der Waals surface area contributed by atoms with Crippen LogP contribution in [0, 0.1) is 12.7 Å². The van der Waals surface area contributed by atoms with Gasteiger partial charge in [-0.15, -0.1) is 0 Å². The van der Waals surface area contributed by atoms with Crippen LogP contribution in [0.3, 0.4) is 0 Å². The van der Waals surface area contributed by atoms with E-state index in [-0.39, 0.29) is 18.1 Å². The van der Waals surface area contributed by atoms with Crippen LogP contribution in [0.4, 0.5) is 4.39 Å². The van der Waals surface area contributed by atoms with Crippen LogP contribution in [-0.4, -0.2) is 24.7 Å². The predicted octanol–water partition coefficient (Wildman–Crippen LogP) is 2.73. The van der Waals surface area contributed by atoms with E-state index in [9.17, 15) is 9.18 Å². The van der Waals surface area contributed by atoms with E-state index in [1.807, 2.05) is 0 Å². The maximum absolute atomic E-state index is 14.3. The van der Waals surface area contributed by atoms with Gasteiger partial charge in [-0.1, -0.05) is 0 Å². The van der Waals surface area contributed by atoms with Gasteiger partial charge in [-0.25, -0.2) is 4.39 Å². The molecule has 0 spiro atoms. The van der Waals surface area contributed by atoms with E-state index < -0.39 is 5.82 Å². The van der Waals surface area contributed by atoms with Gasteiger partial charge in [0.05, 0.1) is 20.1 Å². The zero-order valence-corrected chi connectivity index (χ0v) is 11.2. The van der Waals surface area contributed by atoms with Crippen molar-refractivity contribution in [2.24, 2.45) is 0 Å². The molecule has 19 heavy (non-hydrogen) atoms. The molecule has 0 fully saturated rings. The summed E-state index contributed by atoms with van der Waals surface area (Å²) < 4.78 is 24.2. The molecule has 5 heteroatoms. The lowest BCUT2D eigenvalue weighted by atomic mass is 10.1. The van der Waals surface area contributed by atoms with Crippen molar-refractivity contribution in [1.29, 1.82) is 0 Å². The summed E-state index contributed by atoms with van der Waals surface area (Å²) >= 11 is 0. The highest BCUT2D eigenvalue weighted by molar-refractivity contribution is 5.90. The smallest absolute Gasteiger partial charge is 0.310 e. The second kappa shape index (κ2) is 5.30. The van der Waals surface area contributed by atoms with Gasteiger partial charge in [-0.3, -0.25) is 4.79 Å². The van der Waals surface area contributed by atoms with Gasteiger partial charge >= 0.3 is 5.97 Å². The number of aromatic amines is 1. The quantitative estimate of drug-likeness (QED) is 0.865. The van der Waals surface area contributed by atoms with E-state index in [1.165, 1.54) is 7.11 Å². The largest absolute Gasteiger partial charge is 0.494 e. The highest BCUT2D eigenvalue weighted by atomic mass is 19.1. The van der Waals surface area contributed by atoms with Crippen molar-refractivity contribution >= 4 is 16.9 Å². The number of ether oxygens (including phenoxy) is 2. The van der Waals surface area contributed by atoms with Crippen LogP contribution >= 0.6 is 0 Å². The number of benzene rings is 1. The fourth-order valence-electron chi connectivity index (χ4n) is 2.16. The molecule has 1 heterocycles. The molecule has 1 aromatic carbocycles. The fourth-order valence-corrected chi connectivity index (χ4v) is 2.16. The molecule has 0 aliphatic heterocycles. The molecular weight excluding hydrogens is 249 g/mol. The standard InChI is InChI=1S/C14H16FNO3/c1-4-19-12(17)7-9-8(2)16-10-5-6-11(18-3)14(15)13(9)10/h5-6,16H,4,7H2,1-3H3. The van der Waals surface area contributed by atoms with Crippen molar-refractivity contribution in [2.75, 3.05) is 13.7 Å². The summed E-state index contributed by atoms with van der Waals surface area (Å²) in [7, 11) is 1.41. The number of carbonyl (C=O) groups is 1. The number of hydrogen-bond acceptors (Lipinski definition) is 3. The molecule has 0 radical (unpaired) electrons. The molecule has 0 aliphatic rings. The Labute approximate surface area is 110 Å². The fraction of sp³-hybridized carbons (Fsp3) is 0.357. The molecular formula is C14H16FNO3. The number of H-pyrrole nitrogens is 1. The Balaban J connectivity index is 2.53. The molecule has 4 nitrogen and oxygen atoms in total. The first-order valence-electron chi connectivity index (χ1n) is 6.07. The SMILES string of the molecule is CCOC(=O)Cc1c(C)[nH]c2ccc(OC)c(F)c12. The minimum Gasteiger partial charge on any atom is -0.494 e. The van der Waals surface area contributed by atoms with Gasteiger partial charge in [0.15, 0.2) is 11.6 Å². The van der Waals surface area contributed by atoms with Crippen LogP contribution in [0.15, 0.2) is 12.1 Å². The third kappa shape index (κ3) is 2.41. The highest BCUT2D eigenvalue weighted by Gasteiger charge is 2.18. The average molecular weight is 265 g/mol. The number of fused-ring (bicyclic) bond motifs is 1. The number of rotatable bonds is 4. The number of methoxy groups -OCH3 is 1. The molecule has 0 bridgehead atoms. The van der Waals surface area contributed by atoms with Crippen LogP contribution in [0.25, 0.3) is 10.9 Å². The number of halogens is 1. The zero-order valence-electron chi connectivity index (χ0n) is 11.2. The van der Waals surface area contributed by atoms with Crippen molar-refractivity contribution in [1.82, 2.24) is 4.98 Å². The second-order valence-corrected chi connectivity index (χ2v) is 4.21. The molecule has 0 atom stereocenters. The molecule has 1 aromatic heterocycles. The van der Waals surface area contributed by atoms with E-state index in [0.29, 0.717) is 23.1 Å². The van der Waals surface area contributed by atoms with Crippen LogP contribution in [0.1, 0.15) is 18.2 Å². The second-order valence-electron chi connectivity index (χ2n) is 4.21. The first-order chi connectivity index (χ1) is 9.08. The van der Waals surface area contributed by atoms with Crippen molar-refractivity contribution < 1.29 is 18.7 Å². The van der Waals surface area contributed by atoms with Gasteiger partial charge in [0.2, 0.25) is 0 Å². The Bertz CT molecular complexity index is 619. The lowest BCUT2D eigenvalue weighted by molar-refractivity contribution is -0.142. The summed E-state index contributed by atoms with van der Waals surface area (Å²) in [6.45, 7) is 3.86. The number of nitrogens with one attached hydrogen (secondary N) is 1. The molecule has 102 valence electrons. The summed E-state index contributed by atoms with van der Waals surface area (Å²) in [5.41, 5.74) is 2.02. The molecule has 0 aliphatic carbocycles. The summed E-state index contributed by atoms with van der Waals surface area (Å²) in [4.78, 5) is 14.6. The maximum atomic E-state index is 14.3. The third-order valence-electron chi connectivity index (χ3n) is 3.03. The molecule has 2 rings (SSSR count). The van der Waals surface area contributed by atoms with Crippen LogP contribution in [0.5, 0.6) is 5.75 Å². The Morgan fingerprint density at radius 2 is 2.16 bits per heavy atom. The van der Waals surface area contributed by atoms with Crippen molar-refractivity contribution in [3.8, 4) is 5.75 Å². The first-order valence-corrected chi connectivity index (χ1v) is 6.07. The monoisotopic (exact) mass is 265 g/mol. The van der Waals surface area contributed by atoms with E-state index in [0.717, 1.165) is 5.69 Å². The van der Waals surface area contributed by atoms with Crippen LogP contribution in [-0.2, 0) is 16.0 Å². The maximum Gasteiger partial charge on any atom is 0.310 e. The summed E-state index contributed by atoms with van der Waals surface area (Å²) in [5.74, 6) is -0.658. The van der Waals surface area contributed by atoms with Crippen molar-refractivity contribution in [3.05, 3.63) is 29.2 Å². The first kappa shape index (κ1) is 13.4. The number of carbonyl (C=O) groups excluding carboxylic acids is 1. The van der Waals surface area contributed by atoms with Crippen LogP contribution < -0.4 is 4.74 Å². The van der Waals surface area contributed by atoms with Gasteiger partial charge in [-0.2, -0.15) is 0 Å². The molecule has 0 amide bonds. The number of aromatic nitrogens is 1. The number of aryl methyl sites for hydroxylation is 1. The lowest BCUT2D eigenvalue weighted by Gasteiger charge is -2.05. The van der Waals surface area contributed by atoms with E-state index in [2.05, 4.69) is 4.98 Å². The molecule has 0 saturated carbocycles. The normalized spacial score (nSPS) is 10.7. The molecule has 0 saturated heterocycles. The summed E-state index contributed by atoms with van der Waals surface area (Å²) in [6, 6.07) is 3.29. The van der Waals surface area contributed by atoms with Gasteiger partial charge < -0.3 is 14.5 Å². The molecule has 0 unspecified atom stereocenters. The van der Waals surface area contributed by atoms with Crippen molar-refractivity contribution in [3.63, 3.8) is 0 Å². The van der Waals surface area contributed by atoms with Gasteiger partial charge in [-0.05, 0) is 31.5 Å². The highest BCUT2D eigenvalue weighted by Crippen LogP contribution is 2.31. The predicted molar refractivity (Wildman–Crippen MR) is 69.9 cm³/mol. The Morgan fingerprint density at radius 1 is 1.42 bits per heavy atom. The van der Waals surface area contributed by atoms with E-state index in [4.69, 9.17) is 9.47 Å². The zero-order chi connectivity index (χ0) is 14.0. The van der Waals surface area contributed by atoms with Gasteiger partial charge in [0, 0.05) is 16.6 Å². The van der Waals surface area contributed by atoms with E-state index in [1.54, 1.807) is 26.0 Å². The topological polar surface area (TPSA) is 51.3 Å².